The third kappa shape index (κ3) is 9.19. The quantitative estimate of drug-likeness (QED) is 0.162. The number of nitrogens with one attached hydrogen (secondary N) is 1. The van der Waals surface area contributed by atoms with Gasteiger partial charge in [0, 0.05) is 29.0 Å². The van der Waals surface area contributed by atoms with Gasteiger partial charge in [-0.25, -0.2) is 8.42 Å². The number of rotatable bonds is 13. The predicted molar refractivity (Wildman–Crippen MR) is 184 cm³/mol. The molecule has 0 saturated heterocycles. The molecule has 0 bridgehead atoms. The lowest BCUT2D eigenvalue weighted by Crippen LogP contribution is -2.53. The molecule has 4 aromatic rings. The zero-order chi connectivity index (χ0) is 32.6. The van der Waals surface area contributed by atoms with Gasteiger partial charge < -0.3 is 10.2 Å². The zero-order valence-corrected chi connectivity index (χ0v) is 28.6. The van der Waals surface area contributed by atoms with Crippen molar-refractivity contribution in [3.8, 4) is 0 Å². The van der Waals surface area contributed by atoms with Gasteiger partial charge in [0.05, 0.1) is 10.6 Å². The molecule has 7 nitrogen and oxygen atoms in total. The second kappa shape index (κ2) is 15.6. The zero-order valence-electron chi connectivity index (χ0n) is 25.5. The third-order valence-electron chi connectivity index (χ3n) is 7.25. The minimum absolute atomic E-state index is 0.0311. The minimum Gasteiger partial charge on any atom is -0.354 e. The summed E-state index contributed by atoms with van der Waals surface area (Å²) >= 11 is 9.95. The van der Waals surface area contributed by atoms with Crippen molar-refractivity contribution in [1.29, 1.82) is 0 Å². The number of nitrogens with zero attached hydrogens (tertiary/aromatic N) is 2. The SMILES string of the molecule is Cc1ccc(N(CC(=O)N(Cc2cccc(Br)c2)C(Cc2ccccc2)C(=O)NCC(C)C)S(=O)(=O)c2ccccc2)cc1Cl. The van der Waals surface area contributed by atoms with Gasteiger partial charge >= 0.3 is 0 Å². The second-order valence-electron chi connectivity index (χ2n) is 11.3. The number of anilines is 1. The average molecular weight is 711 g/mol. The molecule has 0 fully saturated rings. The molecule has 0 aliphatic carbocycles. The van der Waals surface area contributed by atoms with Gasteiger partial charge in [-0.1, -0.05) is 108 Å². The Morgan fingerprint density at radius 3 is 2.13 bits per heavy atom. The van der Waals surface area contributed by atoms with Crippen LogP contribution in [0, 0.1) is 12.8 Å². The smallest absolute Gasteiger partial charge is 0.264 e. The highest BCUT2D eigenvalue weighted by atomic mass is 79.9. The molecule has 0 saturated carbocycles. The van der Waals surface area contributed by atoms with Crippen LogP contribution in [0.4, 0.5) is 5.69 Å². The maximum atomic E-state index is 14.5. The first-order valence-electron chi connectivity index (χ1n) is 14.6. The number of benzene rings is 4. The summed E-state index contributed by atoms with van der Waals surface area (Å²) in [5.74, 6) is -0.656. The Labute approximate surface area is 279 Å². The van der Waals surface area contributed by atoms with Crippen LogP contribution in [0.25, 0.3) is 0 Å². The van der Waals surface area contributed by atoms with E-state index in [9.17, 15) is 18.0 Å². The van der Waals surface area contributed by atoms with Crippen molar-refractivity contribution in [1.82, 2.24) is 10.2 Å². The number of sulfonamides is 1. The number of carbonyl (C=O) groups excluding carboxylic acids is 2. The molecule has 236 valence electrons. The Hall–Kier alpha value is -3.66. The number of carbonyl (C=O) groups is 2. The van der Waals surface area contributed by atoms with Crippen molar-refractivity contribution in [2.75, 3.05) is 17.4 Å². The van der Waals surface area contributed by atoms with Gasteiger partial charge in [-0.3, -0.25) is 13.9 Å². The maximum Gasteiger partial charge on any atom is 0.264 e. The lowest BCUT2D eigenvalue weighted by Gasteiger charge is -2.34. The van der Waals surface area contributed by atoms with Crippen LogP contribution in [0.1, 0.15) is 30.5 Å². The lowest BCUT2D eigenvalue weighted by atomic mass is 10.0. The average Bonchev–Trinajstić information content (AvgIpc) is 3.02. The summed E-state index contributed by atoms with van der Waals surface area (Å²) in [5, 5.41) is 3.37. The molecule has 0 aromatic heterocycles. The first-order valence-corrected chi connectivity index (χ1v) is 17.3. The van der Waals surface area contributed by atoms with Crippen LogP contribution in [0.3, 0.4) is 0 Å². The van der Waals surface area contributed by atoms with Crippen LogP contribution in [0.5, 0.6) is 0 Å². The monoisotopic (exact) mass is 709 g/mol. The molecule has 0 radical (unpaired) electrons. The topological polar surface area (TPSA) is 86.8 Å². The molecule has 0 aliphatic rings. The van der Waals surface area contributed by atoms with E-state index in [0.717, 1.165) is 25.5 Å². The molecule has 1 unspecified atom stereocenters. The number of hydrogen-bond acceptors (Lipinski definition) is 4. The Balaban J connectivity index is 1.81. The molecule has 1 atom stereocenters. The van der Waals surface area contributed by atoms with Gasteiger partial charge in [-0.15, -0.1) is 0 Å². The van der Waals surface area contributed by atoms with Gasteiger partial charge in [0.15, 0.2) is 0 Å². The first kappa shape index (κ1) is 34.2. The summed E-state index contributed by atoms with van der Waals surface area (Å²) in [6, 6.07) is 28.9. The second-order valence-corrected chi connectivity index (χ2v) is 14.4. The van der Waals surface area contributed by atoms with Crippen molar-refractivity contribution in [3.05, 3.63) is 129 Å². The van der Waals surface area contributed by atoms with Crippen molar-refractivity contribution < 1.29 is 18.0 Å². The van der Waals surface area contributed by atoms with Crippen LogP contribution in [0.2, 0.25) is 5.02 Å². The van der Waals surface area contributed by atoms with E-state index in [4.69, 9.17) is 11.6 Å². The summed E-state index contributed by atoms with van der Waals surface area (Å²) in [4.78, 5) is 29.9. The van der Waals surface area contributed by atoms with E-state index < -0.39 is 28.5 Å². The van der Waals surface area contributed by atoms with Crippen LogP contribution in [0.15, 0.2) is 112 Å². The van der Waals surface area contributed by atoms with Crippen molar-refractivity contribution >= 4 is 55.1 Å². The summed E-state index contributed by atoms with van der Waals surface area (Å²) in [6.45, 7) is 5.77. The van der Waals surface area contributed by atoms with Crippen LogP contribution in [-0.4, -0.2) is 44.3 Å². The first-order chi connectivity index (χ1) is 21.5. The van der Waals surface area contributed by atoms with Crippen molar-refractivity contribution in [2.45, 2.75) is 44.7 Å². The Bertz CT molecular complexity index is 1720. The molecule has 1 N–H and O–H groups in total. The molecule has 2 amide bonds. The number of hydrogen-bond donors (Lipinski definition) is 1. The molecule has 10 heteroatoms. The summed E-state index contributed by atoms with van der Waals surface area (Å²) < 4.78 is 30.1. The molecule has 4 aromatic carbocycles. The van der Waals surface area contributed by atoms with Gasteiger partial charge in [-0.2, -0.15) is 0 Å². The van der Waals surface area contributed by atoms with Gasteiger partial charge in [0.25, 0.3) is 10.0 Å². The van der Waals surface area contributed by atoms with Crippen LogP contribution < -0.4 is 9.62 Å². The van der Waals surface area contributed by atoms with E-state index in [-0.39, 0.29) is 35.4 Å². The molecule has 0 aliphatic heterocycles. The minimum atomic E-state index is -4.20. The molecular weight excluding hydrogens is 674 g/mol. The van der Waals surface area contributed by atoms with Crippen LogP contribution in [-0.2, 0) is 32.6 Å². The summed E-state index contributed by atoms with van der Waals surface area (Å²) in [5.41, 5.74) is 2.66. The van der Waals surface area contributed by atoms with E-state index in [0.29, 0.717) is 11.6 Å². The largest absolute Gasteiger partial charge is 0.354 e. The predicted octanol–water partition coefficient (Wildman–Crippen LogP) is 7.02. The number of amides is 2. The maximum absolute atomic E-state index is 14.5. The normalized spacial score (nSPS) is 12.0. The van der Waals surface area contributed by atoms with Crippen LogP contribution >= 0.6 is 27.5 Å². The van der Waals surface area contributed by atoms with Crippen molar-refractivity contribution in [2.24, 2.45) is 5.92 Å². The highest BCUT2D eigenvalue weighted by molar-refractivity contribution is 9.10. The molecular formula is C35H37BrClN3O4S. The molecule has 45 heavy (non-hydrogen) atoms. The van der Waals surface area contributed by atoms with Crippen molar-refractivity contribution in [3.63, 3.8) is 0 Å². The van der Waals surface area contributed by atoms with E-state index >= 15 is 0 Å². The standard InChI is InChI=1S/C35H37BrClN3O4S/c1-25(2)22-38-35(42)33(20-27-11-6-4-7-12-27)39(23-28-13-10-14-29(36)19-28)34(41)24-40(30-18-17-26(3)32(37)21-30)45(43,44)31-15-8-5-9-16-31/h4-19,21,25,33H,20,22-24H2,1-3H3,(H,38,42). The Morgan fingerprint density at radius 2 is 1.51 bits per heavy atom. The van der Waals surface area contributed by atoms with Gasteiger partial charge in [0.1, 0.15) is 12.6 Å². The van der Waals surface area contributed by atoms with Gasteiger partial charge in [0.2, 0.25) is 11.8 Å². The lowest BCUT2D eigenvalue weighted by molar-refractivity contribution is -0.140. The Kier molecular flexibility index (Phi) is 11.8. The fourth-order valence-corrected chi connectivity index (χ4v) is 6.84. The summed E-state index contributed by atoms with van der Waals surface area (Å²) in [7, 11) is -4.20. The fraction of sp³-hybridized carbons (Fsp3) is 0.257. The third-order valence-corrected chi connectivity index (χ3v) is 9.94. The van der Waals surface area contributed by atoms with Gasteiger partial charge in [-0.05, 0) is 65.9 Å². The number of halogens is 2. The van der Waals surface area contributed by atoms with E-state index in [2.05, 4.69) is 21.2 Å². The van der Waals surface area contributed by atoms with E-state index in [1.165, 1.54) is 17.0 Å². The highest BCUT2D eigenvalue weighted by Crippen LogP contribution is 2.29. The van der Waals surface area contributed by atoms with E-state index in [1.54, 1.807) is 36.4 Å². The summed E-state index contributed by atoms with van der Waals surface area (Å²) in [6.07, 6.45) is 0.242. The Morgan fingerprint density at radius 1 is 0.867 bits per heavy atom. The number of aryl methyl sites for hydroxylation is 1. The molecule has 0 heterocycles. The fourth-order valence-electron chi connectivity index (χ4n) is 4.79. The van der Waals surface area contributed by atoms with E-state index in [1.807, 2.05) is 75.4 Å². The highest BCUT2D eigenvalue weighted by Gasteiger charge is 2.34. The molecule has 4 rings (SSSR count). The molecule has 0 spiro atoms.